The molecule has 0 aromatic rings. The monoisotopic (exact) mass is 246 g/mol. The van der Waals surface area contributed by atoms with Crippen molar-refractivity contribution < 1.29 is 9.47 Å². The van der Waals surface area contributed by atoms with Crippen molar-refractivity contribution in [3.63, 3.8) is 0 Å². The highest BCUT2D eigenvalue weighted by Gasteiger charge is 2.07. The van der Waals surface area contributed by atoms with E-state index in [0.717, 1.165) is 38.3 Å². The summed E-state index contributed by atoms with van der Waals surface area (Å²) >= 11 is 0. The average molecular weight is 246 g/mol. The summed E-state index contributed by atoms with van der Waals surface area (Å²) in [5.74, 6) is 1.73. The van der Waals surface area contributed by atoms with Gasteiger partial charge in [-0.05, 0) is 31.1 Å². The summed E-state index contributed by atoms with van der Waals surface area (Å²) in [6, 6.07) is 0. The fraction of sp³-hybridized carbons (Fsp3) is 1.00. The Labute approximate surface area is 109 Å². The molecule has 0 aliphatic carbocycles. The zero-order valence-electron chi connectivity index (χ0n) is 12.9. The van der Waals surface area contributed by atoms with Crippen LogP contribution in [0.4, 0.5) is 0 Å². The van der Waals surface area contributed by atoms with Crippen LogP contribution in [0.5, 0.6) is 0 Å². The second-order valence-electron chi connectivity index (χ2n) is 4.26. The van der Waals surface area contributed by atoms with Crippen molar-refractivity contribution >= 4 is 0 Å². The minimum atomic E-state index is 0.824. The standard InChI is InChI=1S/C6H12O.C5H10O.2C2H6/c1-6-2-4-7-5-3-6;1-5-2-3-6-4-5;2*1-2/h6H,2-5H2,1H3;5H,2-4H2,1H3;2*1-2H3. The Hall–Kier alpha value is -0.0800. The van der Waals surface area contributed by atoms with Crippen molar-refractivity contribution in [2.45, 2.75) is 60.8 Å². The largest absolute Gasteiger partial charge is 0.381 e. The molecule has 2 fully saturated rings. The molecule has 0 spiro atoms. The SMILES string of the molecule is CC.CC.CC1CCOC1.CC1CCOCC1. The highest BCUT2D eigenvalue weighted by atomic mass is 16.5. The fourth-order valence-electron chi connectivity index (χ4n) is 1.47. The molecule has 1 unspecified atom stereocenters. The van der Waals surface area contributed by atoms with Gasteiger partial charge in [-0.2, -0.15) is 0 Å². The van der Waals surface area contributed by atoms with Crippen LogP contribution in [-0.4, -0.2) is 26.4 Å². The first-order valence-electron chi connectivity index (χ1n) is 7.44. The molecule has 2 heterocycles. The third-order valence-electron chi connectivity index (χ3n) is 2.67. The summed E-state index contributed by atoms with van der Waals surface area (Å²) in [5.41, 5.74) is 0. The van der Waals surface area contributed by atoms with Crippen molar-refractivity contribution in [3.05, 3.63) is 0 Å². The van der Waals surface area contributed by atoms with Crippen molar-refractivity contribution in [2.75, 3.05) is 26.4 Å². The number of hydrogen-bond donors (Lipinski definition) is 0. The van der Waals surface area contributed by atoms with Crippen molar-refractivity contribution in [2.24, 2.45) is 11.8 Å². The first kappa shape index (κ1) is 19.3. The van der Waals surface area contributed by atoms with Crippen LogP contribution in [0.2, 0.25) is 0 Å². The van der Waals surface area contributed by atoms with Crippen LogP contribution in [0.15, 0.2) is 0 Å². The van der Waals surface area contributed by atoms with Crippen LogP contribution in [0.3, 0.4) is 0 Å². The lowest BCUT2D eigenvalue weighted by atomic mass is 10.0. The van der Waals surface area contributed by atoms with Gasteiger partial charge in [-0.15, -0.1) is 0 Å². The molecule has 106 valence electrons. The Morgan fingerprint density at radius 3 is 1.24 bits per heavy atom. The normalized spacial score (nSPS) is 23.3. The van der Waals surface area contributed by atoms with E-state index in [0.29, 0.717) is 0 Å². The molecule has 2 saturated heterocycles. The average Bonchev–Trinajstić information content (AvgIpc) is 2.87. The fourth-order valence-corrected chi connectivity index (χ4v) is 1.47. The summed E-state index contributed by atoms with van der Waals surface area (Å²) in [4.78, 5) is 0. The van der Waals surface area contributed by atoms with Gasteiger partial charge in [0.25, 0.3) is 0 Å². The lowest BCUT2D eigenvalue weighted by Crippen LogP contribution is -2.12. The van der Waals surface area contributed by atoms with Gasteiger partial charge in [0.1, 0.15) is 0 Å². The van der Waals surface area contributed by atoms with Crippen molar-refractivity contribution in [1.82, 2.24) is 0 Å². The minimum Gasteiger partial charge on any atom is -0.381 e. The maximum Gasteiger partial charge on any atom is 0.0492 e. The quantitative estimate of drug-likeness (QED) is 0.625. The first-order chi connectivity index (χ1) is 8.29. The molecule has 0 bridgehead atoms. The maximum absolute atomic E-state index is 5.14. The van der Waals surface area contributed by atoms with E-state index >= 15 is 0 Å². The van der Waals surface area contributed by atoms with Gasteiger partial charge in [0.05, 0.1) is 0 Å². The van der Waals surface area contributed by atoms with E-state index in [2.05, 4.69) is 13.8 Å². The molecule has 0 radical (unpaired) electrons. The molecule has 2 aliphatic rings. The maximum atomic E-state index is 5.14. The molecule has 2 heteroatoms. The molecule has 2 nitrogen and oxygen atoms in total. The summed E-state index contributed by atoms with van der Waals surface area (Å²) in [6.07, 6.45) is 3.79. The Balaban J connectivity index is 0. The Kier molecular flexibility index (Phi) is 18.0. The van der Waals surface area contributed by atoms with Gasteiger partial charge >= 0.3 is 0 Å². The zero-order chi connectivity index (χ0) is 13.5. The topological polar surface area (TPSA) is 18.5 Å². The molecular formula is C15H34O2. The van der Waals surface area contributed by atoms with Gasteiger partial charge in [-0.25, -0.2) is 0 Å². The van der Waals surface area contributed by atoms with E-state index in [1.807, 2.05) is 27.7 Å². The minimum absolute atomic E-state index is 0.824. The highest BCUT2D eigenvalue weighted by Crippen LogP contribution is 2.11. The molecular weight excluding hydrogens is 212 g/mol. The van der Waals surface area contributed by atoms with E-state index in [4.69, 9.17) is 9.47 Å². The molecule has 0 N–H and O–H groups in total. The Morgan fingerprint density at radius 1 is 0.647 bits per heavy atom. The van der Waals surface area contributed by atoms with Crippen LogP contribution in [-0.2, 0) is 9.47 Å². The van der Waals surface area contributed by atoms with E-state index in [1.165, 1.54) is 19.3 Å². The van der Waals surface area contributed by atoms with Crippen molar-refractivity contribution in [1.29, 1.82) is 0 Å². The van der Waals surface area contributed by atoms with Crippen LogP contribution < -0.4 is 0 Å². The number of rotatable bonds is 0. The molecule has 0 aromatic heterocycles. The molecule has 1 atom stereocenters. The summed E-state index contributed by atoms with van der Waals surface area (Å²) in [5, 5.41) is 0. The van der Waals surface area contributed by atoms with Crippen LogP contribution in [0.1, 0.15) is 60.8 Å². The predicted molar refractivity (Wildman–Crippen MR) is 76.5 cm³/mol. The van der Waals surface area contributed by atoms with Gasteiger partial charge in [-0.3, -0.25) is 0 Å². The van der Waals surface area contributed by atoms with Gasteiger partial charge in [0, 0.05) is 26.4 Å². The second kappa shape index (κ2) is 15.9. The van der Waals surface area contributed by atoms with Crippen molar-refractivity contribution in [3.8, 4) is 0 Å². The highest BCUT2D eigenvalue weighted by molar-refractivity contribution is 4.56. The Morgan fingerprint density at radius 2 is 1.06 bits per heavy atom. The predicted octanol–water partition coefficient (Wildman–Crippen LogP) is 4.53. The second-order valence-corrected chi connectivity index (χ2v) is 4.26. The van der Waals surface area contributed by atoms with Gasteiger partial charge < -0.3 is 9.47 Å². The van der Waals surface area contributed by atoms with Gasteiger partial charge in [-0.1, -0.05) is 41.5 Å². The van der Waals surface area contributed by atoms with E-state index < -0.39 is 0 Å². The smallest absolute Gasteiger partial charge is 0.0492 e. The molecule has 17 heavy (non-hydrogen) atoms. The molecule has 2 rings (SSSR count). The van der Waals surface area contributed by atoms with E-state index in [9.17, 15) is 0 Å². The van der Waals surface area contributed by atoms with Crippen LogP contribution in [0.25, 0.3) is 0 Å². The molecule has 0 saturated carbocycles. The molecule has 0 amide bonds. The lowest BCUT2D eigenvalue weighted by molar-refractivity contribution is 0.0716. The molecule has 0 aromatic carbocycles. The summed E-state index contributed by atoms with van der Waals surface area (Å²) < 4.78 is 10.2. The lowest BCUT2D eigenvalue weighted by Gasteiger charge is -2.16. The molecule has 2 aliphatic heterocycles. The zero-order valence-corrected chi connectivity index (χ0v) is 12.9. The summed E-state index contributed by atoms with van der Waals surface area (Å²) in [7, 11) is 0. The third kappa shape index (κ3) is 13.9. The van der Waals surface area contributed by atoms with E-state index in [-0.39, 0.29) is 0 Å². The van der Waals surface area contributed by atoms with Crippen LogP contribution >= 0.6 is 0 Å². The van der Waals surface area contributed by atoms with Gasteiger partial charge in [0.2, 0.25) is 0 Å². The summed E-state index contributed by atoms with van der Waals surface area (Å²) in [6.45, 7) is 16.4. The first-order valence-corrected chi connectivity index (χ1v) is 7.44. The van der Waals surface area contributed by atoms with Gasteiger partial charge in [0.15, 0.2) is 0 Å². The van der Waals surface area contributed by atoms with E-state index in [1.54, 1.807) is 0 Å². The van der Waals surface area contributed by atoms with Crippen LogP contribution in [0, 0.1) is 11.8 Å². The Bertz CT molecular complexity index is 114. The number of ether oxygens (including phenoxy) is 2. The number of hydrogen-bond acceptors (Lipinski definition) is 2. The third-order valence-corrected chi connectivity index (χ3v) is 2.67.